The highest BCUT2D eigenvalue weighted by Crippen LogP contribution is 2.15. The number of rotatable bonds is 2. The normalized spacial score (nSPS) is 9.67. The first kappa shape index (κ1) is 10.2. The van der Waals surface area contributed by atoms with Gasteiger partial charge in [0.1, 0.15) is 6.33 Å². The first-order valence-corrected chi connectivity index (χ1v) is 5.25. The fourth-order valence-electron chi connectivity index (χ4n) is 1.10. The number of halogens is 1. The lowest BCUT2D eigenvalue weighted by molar-refractivity contribution is 0.870. The third-order valence-corrected chi connectivity index (χ3v) is 2.21. The first-order valence-electron chi connectivity index (χ1n) is 4.05. The molecule has 0 unspecified atom stereocenters. The fraction of sp³-hybridized carbons (Fsp3) is 0. The van der Waals surface area contributed by atoms with Gasteiger partial charge in [0.15, 0.2) is 0 Å². The van der Waals surface area contributed by atoms with Crippen molar-refractivity contribution in [2.75, 3.05) is 0 Å². The lowest BCUT2D eigenvalue weighted by Crippen LogP contribution is -1.93. The number of benzene rings is 1. The average Bonchev–Trinajstić information content (AvgIpc) is 2.67. The predicted octanol–water partition coefficient (Wildman–Crippen LogP) is 2.76. The maximum atomic E-state index is 4.51. The van der Waals surface area contributed by atoms with Gasteiger partial charge in [0.25, 0.3) is 0 Å². The number of thiocarbonyl (C=S) groups is 1. The molecule has 0 radical (unpaired) electrons. The van der Waals surface area contributed by atoms with E-state index >= 15 is 0 Å². The molecular weight excluding hydrogens is 276 g/mol. The van der Waals surface area contributed by atoms with Crippen molar-refractivity contribution in [3.8, 4) is 5.69 Å². The summed E-state index contributed by atoms with van der Waals surface area (Å²) in [6, 6.07) is 7.44. The van der Waals surface area contributed by atoms with Crippen molar-refractivity contribution in [2.45, 2.75) is 0 Å². The molecular formula is C9H5BrN4S. The quantitative estimate of drug-likeness (QED) is 0.628. The van der Waals surface area contributed by atoms with E-state index in [4.69, 9.17) is 0 Å². The summed E-state index contributed by atoms with van der Waals surface area (Å²) < 4.78 is 2.22. The van der Waals surface area contributed by atoms with E-state index in [1.165, 1.54) is 0 Å². The van der Waals surface area contributed by atoms with Crippen molar-refractivity contribution in [1.82, 2.24) is 14.8 Å². The van der Waals surface area contributed by atoms with Crippen molar-refractivity contribution in [3.63, 3.8) is 0 Å². The molecule has 0 atom stereocenters. The maximum absolute atomic E-state index is 4.51. The molecule has 15 heavy (non-hydrogen) atoms. The van der Waals surface area contributed by atoms with E-state index < -0.39 is 0 Å². The van der Waals surface area contributed by atoms with Gasteiger partial charge in [-0.15, -0.1) is 5.10 Å². The van der Waals surface area contributed by atoms with Gasteiger partial charge in [0.05, 0.1) is 16.5 Å². The van der Waals surface area contributed by atoms with Crippen molar-refractivity contribution < 1.29 is 0 Å². The Kier molecular flexibility index (Phi) is 3.01. The number of hydrogen-bond donors (Lipinski definition) is 0. The van der Waals surface area contributed by atoms with Crippen LogP contribution < -0.4 is 0 Å². The number of aromatic nitrogens is 3. The molecule has 0 fully saturated rings. The van der Waals surface area contributed by atoms with Gasteiger partial charge in [-0.2, -0.15) is 4.99 Å². The van der Waals surface area contributed by atoms with Crippen LogP contribution in [0.5, 0.6) is 0 Å². The highest BCUT2D eigenvalue weighted by Gasteiger charge is 1.99. The smallest absolute Gasteiger partial charge is 0.217 e. The summed E-state index contributed by atoms with van der Waals surface area (Å²) in [4.78, 5) is 7.82. The zero-order chi connectivity index (χ0) is 10.7. The van der Waals surface area contributed by atoms with Crippen molar-refractivity contribution in [2.24, 2.45) is 4.99 Å². The van der Waals surface area contributed by atoms with Crippen LogP contribution in [0.2, 0.25) is 0 Å². The van der Waals surface area contributed by atoms with Gasteiger partial charge >= 0.3 is 0 Å². The van der Waals surface area contributed by atoms with Crippen LogP contribution >= 0.6 is 28.1 Å². The number of nitrogens with zero attached hydrogens (tertiary/aromatic N) is 4. The van der Waals surface area contributed by atoms with Crippen molar-refractivity contribution in [3.05, 3.63) is 35.3 Å². The largest absolute Gasteiger partial charge is 0.220 e. The molecule has 2 aromatic rings. The second-order valence-corrected chi connectivity index (χ2v) is 3.57. The fourth-order valence-corrected chi connectivity index (χ4v) is 1.47. The van der Waals surface area contributed by atoms with E-state index in [0.29, 0.717) is 4.73 Å². The van der Waals surface area contributed by atoms with Crippen molar-refractivity contribution in [1.29, 1.82) is 0 Å². The molecule has 0 bridgehead atoms. The molecule has 6 heteroatoms. The molecule has 0 spiro atoms. The minimum absolute atomic E-state index is 0.559. The molecule has 2 rings (SSSR count). The molecule has 74 valence electrons. The summed E-state index contributed by atoms with van der Waals surface area (Å²) in [5.41, 5.74) is 1.68. The molecule has 1 heterocycles. The van der Waals surface area contributed by atoms with Gasteiger partial charge in [0.2, 0.25) is 4.73 Å². The zero-order valence-electron chi connectivity index (χ0n) is 7.46. The lowest BCUT2D eigenvalue weighted by atomic mass is 10.3. The van der Waals surface area contributed by atoms with Gasteiger partial charge in [0, 0.05) is 0 Å². The Balaban J connectivity index is 2.35. The van der Waals surface area contributed by atoms with E-state index in [-0.39, 0.29) is 0 Å². The number of isothiocyanates is 1. The molecule has 0 aliphatic heterocycles. The van der Waals surface area contributed by atoms with Gasteiger partial charge in [-0.05, 0) is 52.4 Å². The van der Waals surface area contributed by atoms with Crippen molar-refractivity contribution >= 4 is 39.0 Å². The third-order valence-electron chi connectivity index (χ3n) is 1.75. The second-order valence-electron chi connectivity index (χ2n) is 2.68. The molecule has 0 saturated carbocycles. The first-order chi connectivity index (χ1) is 7.29. The van der Waals surface area contributed by atoms with Crippen LogP contribution in [0.15, 0.2) is 40.3 Å². The maximum Gasteiger partial charge on any atom is 0.217 e. The predicted molar refractivity (Wildman–Crippen MR) is 63.7 cm³/mol. The summed E-state index contributed by atoms with van der Waals surface area (Å²) in [6.45, 7) is 0. The van der Waals surface area contributed by atoms with Crippen LogP contribution in [-0.2, 0) is 0 Å². The molecule has 0 N–H and O–H groups in total. The summed E-state index contributed by atoms with van der Waals surface area (Å²) in [5.74, 6) is 0. The standard InChI is InChI=1S/C9H5BrN4S/c10-9-11-5-14(13-9)8-3-1-7(2-4-8)12-6-15/h1-5H. The molecule has 0 saturated heterocycles. The summed E-state index contributed by atoms with van der Waals surface area (Å²) in [5, 5.41) is 6.43. The second kappa shape index (κ2) is 4.44. The van der Waals surface area contributed by atoms with Crippen LogP contribution in [-0.4, -0.2) is 19.9 Å². The summed E-state index contributed by atoms with van der Waals surface area (Å²) in [6.07, 6.45) is 1.63. The molecule has 0 aliphatic carbocycles. The van der Waals surface area contributed by atoms with Gasteiger partial charge in [-0.3, -0.25) is 0 Å². The highest BCUT2D eigenvalue weighted by molar-refractivity contribution is 9.10. The molecule has 1 aromatic carbocycles. The monoisotopic (exact) mass is 280 g/mol. The summed E-state index contributed by atoms with van der Waals surface area (Å²) >= 11 is 7.70. The molecule has 4 nitrogen and oxygen atoms in total. The lowest BCUT2D eigenvalue weighted by Gasteiger charge is -1.99. The Morgan fingerprint density at radius 2 is 2.07 bits per heavy atom. The zero-order valence-corrected chi connectivity index (χ0v) is 9.86. The Morgan fingerprint density at radius 1 is 1.33 bits per heavy atom. The van der Waals surface area contributed by atoms with Gasteiger partial charge in [-0.25, -0.2) is 9.67 Å². The minimum atomic E-state index is 0.559. The van der Waals surface area contributed by atoms with E-state index in [9.17, 15) is 0 Å². The number of hydrogen-bond acceptors (Lipinski definition) is 4. The van der Waals surface area contributed by atoms with Gasteiger partial charge < -0.3 is 0 Å². The van der Waals surface area contributed by atoms with Crippen LogP contribution in [0.3, 0.4) is 0 Å². The Bertz CT molecular complexity index is 513. The van der Waals surface area contributed by atoms with Crippen LogP contribution in [0.4, 0.5) is 5.69 Å². The highest BCUT2D eigenvalue weighted by atomic mass is 79.9. The van der Waals surface area contributed by atoms with E-state index in [1.807, 2.05) is 24.3 Å². The third kappa shape index (κ3) is 2.36. The molecule has 0 amide bonds. The van der Waals surface area contributed by atoms with Crippen LogP contribution in [0.25, 0.3) is 5.69 Å². The van der Waals surface area contributed by atoms with Crippen LogP contribution in [0.1, 0.15) is 0 Å². The Morgan fingerprint density at radius 3 is 2.60 bits per heavy atom. The topological polar surface area (TPSA) is 43.1 Å². The van der Waals surface area contributed by atoms with Crippen LogP contribution in [0, 0.1) is 0 Å². The van der Waals surface area contributed by atoms with E-state index in [1.54, 1.807) is 11.0 Å². The van der Waals surface area contributed by atoms with E-state index in [2.05, 4.69) is 48.4 Å². The number of aliphatic imine (C=N–C) groups is 1. The Hall–Kier alpha value is -1.36. The van der Waals surface area contributed by atoms with E-state index in [0.717, 1.165) is 11.4 Å². The SMILES string of the molecule is S=C=Nc1ccc(-n2cnc(Br)n2)cc1. The van der Waals surface area contributed by atoms with Gasteiger partial charge in [-0.1, -0.05) is 0 Å². The molecule has 1 aromatic heterocycles. The molecule has 0 aliphatic rings. The minimum Gasteiger partial charge on any atom is -0.220 e. The summed E-state index contributed by atoms with van der Waals surface area (Å²) in [7, 11) is 0. The Labute approximate surface area is 99.8 Å². The average molecular weight is 281 g/mol.